The first-order valence-electron chi connectivity index (χ1n) is 5.13. The molecule has 0 spiro atoms. The Balaban J connectivity index is 2.34. The van der Waals surface area contributed by atoms with Gasteiger partial charge in [-0.2, -0.15) is 0 Å². The SMILES string of the molecule is C#CCCNC(C)Cc1ccc(Br)cc1. The second-order valence-electron chi connectivity index (χ2n) is 3.64. The van der Waals surface area contributed by atoms with Crippen molar-refractivity contribution >= 4 is 15.9 Å². The van der Waals surface area contributed by atoms with Gasteiger partial charge < -0.3 is 5.32 Å². The van der Waals surface area contributed by atoms with Gasteiger partial charge in [0.1, 0.15) is 0 Å². The predicted octanol–water partition coefficient (Wildman–Crippen LogP) is 2.99. The number of hydrogen-bond acceptors (Lipinski definition) is 1. The minimum absolute atomic E-state index is 0.472. The van der Waals surface area contributed by atoms with Crippen LogP contribution in [-0.4, -0.2) is 12.6 Å². The molecule has 15 heavy (non-hydrogen) atoms. The van der Waals surface area contributed by atoms with Crippen molar-refractivity contribution in [1.82, 2.24) is 5.32 Å². The second kappa shape index (κ2) is 6.66. The quantitative estimate of drug-likeness (QED) is 0.638. The van der Waals surface area contributed by atoms with Gasteiger partial charge in [0.25, 0.3) is 0 Å². The van der Waals surface area contributed by atoms with Crippen molar-refractivity contribution in [3.63, 3.8) is 0 Å². The molecule has 0 bridgehead atoms. The number of terminal acetylenes is 1. The van der Waals surface area contributed by atoms with Crippen molar-refractivity contribution in [3.05, 3.63) is 34.3 Å². The molecule has 0 radical (unpaired) electrons. The lowest BCUT2D eigenvalue weighted by molar-refractivity contribution is 0.554. The Labute approximate surface area is 100 Å². The van der Waals surface area contributed by atoms with Gasteiger partial charge in [0.2, 0.25) is 0 Å². The predicted molar refractivity (Wildman–Crippen MR) is 68.8 cm³/mol. The summed E-state index contributed by atoms with van der Waals surface area (Å²) in [4.78, 5) is 0. The molecule has 1 aromatic rings. The van der Waals surface area contributed by atoms with Crippen LogP contribution in [-0.2, 0) is 6.42 Å². The van der Waals surface area contributed by atoms with Gasteiger partial charge in [-0.1, -0.05) is 28.1 Å². The number of nitrogens with one attached hydrogen (secondary N) is 1. The molecule has 0 aromatic heterocycles. The molecule has 1 nitrogen and oxygen atoms in total. The Morgan fingerprint density at radius 1 is 1.40 bits per heavy atom. The highest BCUT2D eigenvalue weighted by Gasteiger charge is 2.01. The minimum Gasteiger partial charge on any atom is -0.313 e. The summed E-state index contributed by atoms with van der Waals surface area (Å²) in [6.45, 7) is 3.08. The lowest BCUT2D eigenvalue weighted by atomic mass is 10.1. The number of benzene rings is 1. The molecule has 0 aliphatic carbocycles. The molecule has 0 amide bonds. The van der Waals surface area contributed by atoms with Crippen LogP contribution >= 0.6 is 15.9 Å². The Bertz CT molecular complexity index is 323. The van der Waals surface area contributed by atoms with Crippen molar-refractivity contribution in [3.8, 4) is 12.3 Å². The zero-order valence-electron chi connectivity index (χ0n) is 8.96. The maximum atomic E-state index is 5.19. The van der Waals surface area contributed by atoms with Crippen LogP contribution in [0.5, 0.6) is 0 Å². The molecule has 1 N–H and O–H groups in total. The molecule has 2 heteroatoms. The maximum absolute atomic E-state index is 5.19. The van der Waals surface area contributed by atoms with E-state index in [4.69, 9.17) is 6.42 Å². The average molecular weight is 266 g/mol. The van der Waals surface area contributed by atoms with Crippen LogP contribution in [0.15, 0.2) is 28.7 Å². The summed E-state index contributed by atoms with van der Waals surface area (Å²) in [6.07, 6.45) is 7.02. The van der Waals surface area contributed by atoms with E-state index in [0.717, 1.165) is 23.9 Å². The topological polar surface area (TPSA) is 12.0 Å². The van der Waals surface area contributed by atoms with Crippen molar-refractivity contribution in [2.24, 2.45) is 0 Å². The molecule has 1 unspecified atom stereocenters. The summed E-state index contributed by atoms with van der Waals surface area (Å²) in [6, 6.07) is 8.90. The van der Waals surface area contributed by atoms with E-state index >= 15 is 0 Å². The number of halogens is 1. The monoisotopic (exact) mass is 265 g/mol. The first-order chi connectivity index (χ1) is 7.22. The molecule has 80 valence electrons. The van der Waals surface area contributed by atoms with Crippen LogP contribution in [0.3, 0.4) is 0 Å². The highest BCUT2D eigenvalue weighted by atomic mass is 79.9. The zero-order valence-corrected chi connectivity index (χ0v) is 10.5. The number of hydrogen-bond donors (Lipinski definition) is 1. The smallest absolute Gasteiger partial charge is 0.0211 e. The Hall–Kier alpha value is -0.780. The summed E-state index contributed by atoms with van der Waals surface area (Å²) < 4.78 is 1.12. The van der Waals surface area contributed by atoms with Gasteiger partial charge in [-0.25, -0.2) is 0 Å². The van der Waals surface area contributed by atoms with Gasteiger partial charge in [-0.15, -0.1) is 12.3 Å². The number of rotatable bonds is 5. The molecule has 0 heterocycles. The van der Waals surface area contributed by atoms with Gasteiger partial charge in [-0.05, 0) is 31.0 Å². The van der Waals surface area contributed by atoms with E-state index < -0.39 is 0 Å². The Morgan fingerprint density at radius 2 is 2.07 bits per heavy atom. The van der Waals surface area contributed by atoms with Gasteiger partial charge in [0.15, 0.2) is 0 Å². The highest BCUT2D eigenvalue weighted by Crippen LogP contribution is 2.11. The van der Waals surface area contributed by atoms with Gasteiger partial charge in [0.05, 0.1) is 0 Å². The van der Waals surface area contributed by atoms with E-state index in [0.29, 0.717) is 6.04 Å². The van der Waals surface area contributed by atoms with Crippen molar-refractivity contribution in [2.45, 2.75) is 25.8 Å². The highest BCUT2D eigenvalue weighted by molar-refractivity contribution is 9.10. The second-order valence-corrected chi connectivity index (χ2v) is 4.56. The van der Waals surface area contributed by atoms with Gasteiger partial charge >= 0.3 is 0 Å². The standard InChI is InChI=1S/C13H16BrN/c1-3-4-9-15-11(2)10-12-5-7-13(14)8-6-12/h1,5-8,11,15H,4,9-10H2,2H3. The molecular formula is C13H16BrN. The van der Waals surface area contributed by atoms with Gasteiger partial charge in [0, 0.05) is 23.5 Å². The Morgan fingerprint density at radius 3 is 2.67 bits per heavy atom. The van der Waals surface area contributed by atoms with Crippen LogP contribution in [0.4, 0.5) is 0 Å². The minimum atomic E-state index is 0.472. The van der Waals surface area contributed by atoms with Crippen LogP contribution in [0.2, 0.25) is 0 Å². The first kappa shape index (κ1) is 12.3. The van der Waals surface area contributed by atoms with Gasteiger partial charge in [-0.3, -0.25) is 0 Å². The fourth-order valence-electron chi connectivity index (χ4n) is 1.44. The fourth-order valence-corrected chi connectivity index (χ4v) is 1.70. The summed E-state index contributed by atoms with van der Waals surface area (Å²) in [7, 11) is 0. The molecule has 1 rings (SSSR count). The van der Waals surface area contributed by atoms with E-state index in [9.17, 15) is 0 Å². The molecule has 0 aliphatic heterocycles. The Kier molecular flexibility index (Phi) is 5.45. The van der Waals surface area contributed by atoms with E-state index in [2.05, 4.69) is 58.4 Å². The maximum Gasteiger partial charge on any atom is 0.0211 e. The van der Waals surface area contributed by atoms with Crippen LogP contribution < -0.4 is 5.32 Å². The lowest BCUT2D eigenvalue weighted by Crippen LogP contribution is -2.28. The van der Waals surface area contributed by atoms with Crippen molar-refractivity contribution in [2.75, 3.05) is 6.54 Å². The third kappa shape index (κ3) is 5.01. The molecule has 1 atom stereocenters. The van der Waals surface area contributed by atoms with Crippen LogP contribution in [0.1, 0.15) is 18.9 Å². The summed E-state index contributed by atoms with van der Waals surface area (Å²) in [5.41, 5.74) is 1.35. The summed E-state index contributed by atoms with van der Waals surface area (Å²) in [5.74, 6) is 2.63. The van der Waals surface area contributed by atoms with E-state index in [1.807, 2.05) is 0 Å². The largest absolute Gasteiger partial charge is 0.313 e. The average Bonchev–Trinajstić information content (AvgIpc) is 2.22. The molecule has 0 fully saturated rings. The normalized spacial score (nSPS) is 12.1. The van der Waals surface area contributed by atoms with E-state index in [1.165, 1.54) is 5.56 Å². The zero-order chi connectivity index (χ0) is 11.1. The first-order valence-corrected chi connectivity index (χ1v) is 5.93. The molecule has 0 aliphatic rings. The molecular weight excluding hydrogens is 250 g/mol. The van der Waals surface area contributed by atoms with E-state index in [1.54, 1.807) is 0 Å². The van der Waals surface area contributed by atoms with Crippen molar-refractivity contribution in [1.29, 1.82) is 0 Å². The third-order valence-electron chi connectivity index (χ3n) is 2.22. The molecule has 0 saturated carbocycles. The fraction of sp³-hybridized carbons (Fsp3) is 0.385. The van der Waals surface area contributed by atoms with Crippen molar-refractivity contribution < 1.29 is 0 Å². The van der Waals surface area contributed by atoms with Crippen LogP contribution in [0, 0.1) is 12.3 Å². The third-order valence-corrected chi connectivity index (χ3v) is 2.75. The molecule has 0 saturated heterocycles. The summed E-state index contributed by atoms with van der Waals surface area (Å²) in [5, 5.41) is 3.39. The lowest BCUT2D eigenvalue weighted by Gasteiger charge is -2.12. The summed E-state index contributed by atoms with van der Waals surface area (Å²) >= 11 is 3.43. The van der Waals surface area contributed by atoms with Crippen LogP contribution in [0.25, 0.3) is 0 Å². The van der Waals surface area contributed by atoms with E-state index in [-0.39, 0.29) is 0 Å². The molecule has 1 aromatic carbocycles.